The molecule has 0 amide bonds. The molecular formula is C12H20N4O4S. The van der Waals surface area contributed by atoms with Crippen LogP contribution in [0.15, 0.2) is 11.4 Å². The molecule has 118 valence electrons. The number of nitrogens with one attached hydrogen (secondary N) is 1. The number of hydrogen-bond donors (Lipinski definition) is 3. The number of carbonyl (C=O) groups is 2. The van der Waals surface area contributed by atoms with E-state index in [2.05, 4.69) is 9.97 Å². The van der Waals surface area contributed by atoms with E-state index in [0.29, 0.717) is 10.9 Å². The molecule has 0 spiro atoms. The maximum Gasteiger partial charge on any atom is 0.321 e. The van der Waals surface area contributed by atoms with E-state index in [9.17, 15) is 14.7 Å². The Kier molecular flexibility index (Phi) is 5.76. The van der Waals surface area contributed by atoms with E-state index in [-0.39, 0.29) is 16.7 Å². The molecule has 1 rings (SSSR count). The fourth-order valence-corrected chi connectivity index (χ4v) is 2.43. The Balaban J connectivity index is 2.66. The third-order valence-electron chi connectivity index (χ3n) is 2.93. The third kappa shape index (κ3) is 5.37. The maximum atomic E-state index is 11.2. The number of carboxylic acids is 2. The van der Waals surface area contributed by atoms with Crippen molar-refractivity contribution in [2.24, 2.45) is 5.73 Å². The summed E-state index contributed by atoms with van der Waals surface area (Å²) in [6.07, 6.45) is 1.84. The molecule has 9 heteroatoms. The van der Waals surface area contributed by atoms with Crippen LogP contribution in [0, 0.1) is 0 Å². The first-order valence-corrected chi connectivity index (χ1v) is 7.27. The summed E-state index contributed by atoms with van der Waals surface area (Å²) in [5.41, 5.74) is 5.98. The zero-order valence-corrected chi connectivity index (χ0v) is 13.0. The van der Waals surface area contributed by atoms with Crippen LogP contribution < -0.4 is 10.8 Å². The molecule has 0 bridgehead atoms. The summed E-state index contributed by atoms with van der Waals surface area (Å²) in [5, 5.41) is 20.4. The summed E-state index contributed by atoms with van der Waals surface area (Å²) in [4.78, 5) is 28.9. The SMILES string of the molecule is C[N+](C)(C)[C@@H](Cc1c[nH]c(SC[C@H](N)C(=O)O)n1)C(=O)[O-]. The number of carbonyl (C=O) groups excluding carboxylic acids is 1. The standard InChI is InChI=1S/C12H20N4O4S/c1-16(2,3)9(11(19)20)4-7-5-14-12(15-7)21-6-8(13)10(17)18/h5,8-9H,4,6,13H2,1-3H3,(H2-,14,15,17,18,19,20)/t8-,9-/m0/s1. The van der Waals surface area contributed by atoms with E-state index in [4.69, 9.17) is 10.8 Å². The lowest BCUT2D eigenvalue weighted by molar-refractivity contribution is -0.889. The monoisotopic (exact) mass is 316 g/mol. The molecule has 0 saturated carbocycles. The van der Waals surface area contributed by atoms with Crippen molar-refractivity contribution in [2.45, 2.75) is 23.7 Å². The van der Waals surface area contributed by atoms with Crippen LogP contribution in [0.1, 0.15) is 5.69 Å². The molecule has 21 heavy (non-hydrogen) atoms. The van der Waals surface area contributed by atoms with E-state index in [1.807, 2.05) is 0 Å². The van der Waals surface area contributed by atoms with Crippen LogP contribution in [0.4, 0.5) is 0 Å². The van der Waals surface area contributed by atoms with Gasteiger partial charge in [0.2, 0.25) is 0 Å². The molecule has 0 fully saturated rings. The summed E-state index contributed by atoms with van der Waals surface area (Å²) in [6, 6.07) is -1.68. The van der Waals surface area contributed by atoms with Crippen LogP contribution in [-0.4, -0.2) is 70.5 Å². The van der Waals surface area contributed by atoms with Gasteiger partial charge in [-0.3, -0.25) is 4.79 Å². The van der Waals surface area contributed by atoms with Crippen LogP contribution in [0.5, 0.6) is 0 Å². The first-order chi connectivity index (χ1) is 9.61. The number of nitrogens with zero attached hydrogens (tertiary/aromatic N) is 2. The average Bonchev–Trinajstić information content (AvgIpc) is 2.78. The molecule has 0 radical (unpaired) electrons. The van der Waals surface area contributed by atoms with Gasteiger partial charge in [0.1, 0.15) is 12.1 Å². The fraction of sp³-hybridized carbons (Fsp3) is 0.583. The maximum absolute atomic E-state index is 11.2. The number of aliphatic carboxylic acids is 2. The second-order valence-corrected chi connectivity index (χ2v) is 6.62. The highest BCUT2D eigenvalue weighted by molar-refractivity contribution is 7.99. The van der Waals surface area contributed by atoms with Crippen molar-refractivity contribution in [2.75, 3.05) is 26.9 Å². The van der Waals surface area contributed by atoms with Gasteiger partial charge in [-0.05, 0) is 0 Å². The lowest BCUT2D eigenvalue weighted by atomic mass is 10.1. The highest BCUT2D eigenvalue weighted by atomic mass is 32.2. The van der Waals surface area contributed by atoms with Crippen molar-refractivity contribution >= 4 is 23.7 Å². The van der Waals surface area contributed by atoms with Gasteiger partial charge < -0.3 is 30.2 Å². The molecule has 1 aromatic rings. The number of rotatable bonds is 8. The van der Waals surface area contributed by atoms with E-state index in [1.165, 1.54) is 11.8 Å². The molecule has 4 N–H and O–H groups in total. The van der Waals surface area contributed by atoms with Gasteiger partial charge >= 0.3 is 5.97 Å². The number of likely N-dealkylation sites (N-methyl/N-ethyl adjacent to an activating group) is 1. The van der Waals surface area contributed by atoms with Crippen LogP contribution in [0.25, 0.3) is 0 Å². The second-order valence-electron chi connectivity index (χ2n) is 5.61. The van der Waals surface area contributed by atoms with Gasteiger partial charge in [0.15, 0.2) is 5.16 Å². The zero-order valence-electron chi connectivity index (χ0n) is 12.2. The molecule has 0 aromatic carbocycles. The van der Waals surface area contributed by atoms with Crippen molar-refractivity contribution < 1.29 is 24.3 Å². The summed E-state index contributed by atoms with van der Waals surface area (Å²) in [5.74, 6) is -2.02. The number of aromatic nitrogens is 2. The lowest BCUT2D eigenvalue weighted by Gasteiger charge is -2.34. The van der Waals surface area contributed by atoms with Crippen molar-refractivity contribution in [3.05, 3.63) is 11.9 Å². The largest absolute Gasteiger partial charge is 0.544 e. The number of nitrogens with two attached hydrogens (primary N) is 1. The summed E-state index contributed by atoms with van der Waals surface area (Å²) < 4.78 is 0.224. The van der Waals surface area contributed by atoms with Crippen molar-refractivity contribution in [3.63, 3.8) is 0 Å². The highest BCUT2D eigenvalue weighted by Crippen LogP contribution is 2.16. The Bertz CT molecular complexity index is 512. The van der Waals surface area contributed by atoms with Gasteiger partial charge in [-0.2, -0.15) is 0 Å². The Morgan fingerprint density at radius 1 is 1.52 bits per heavy atom. The van der Waals surface area contributed by atoms with Crippen molar-refractivity contribution in [3.8, 4) is 0 Å². The smallest absolute Gasteiger partial charge is 0.321 e. The number of carboxylic acid groups (broad SMARTS) is 2. The van der Waals surface area contributed by atoms with Gasteiger partial charge in [0.05, 0.1) is 32.8 Å². The minimum absolute atomic E-state index is 0.182. The van der Waals surface area contributed by atoms with Crippen LogP contribution in [0.2, 0.25) is 0 Å². The first-order valence-electron chi connectivity index (χ1n) is 6.28. The summed E-state index contributed by atoms with van der Waals surface area (Å²) in [6.45, 7) is 0. The highest BCUT2D eigenvalue weighted by Gasteiger charge is 2.26. The van der Waals surface area contributed by atoms with Gasteiger partial charge in [0, 0.05) is 18.4 Å². The molecule has 0 aliphatic heterocycles. The number of quaternary nitrogens is 1. The Morgan fingerprint density at radius 2 is 2.14 bits per heavy atom. The zero-order chi connectivity index (χ0) is 16.2. The minimum Gasteiger partial charge on any atom is -0.544 e. The molecule has 0 aliphatic rings. The minimum atomic E-state index is -1.13. The van der Waals surface area contributed by atoms with Gasteiger partial charge in [-0.15, -0.1) is 0 Å². The van der Waals surface area contributed by atoms with E-state index in [0.717, 1.165) is 0 Å². The van der Waals surface area contributed by atoms with E-state index >= 15 is 0 Å². The normalized spacial score (nSPS) is 14.7. The Hall–Kier alpha value is -1.58. The predicted octanol–water partition coefficient (Wildman–Crippen LogP) is -1.72. The van der Waals surface area contributed by atoms with E-state index < -0.39 is 24.0 Å². The summed E-state index contributed by atoms with van der Waals surface area (Å²) >= 11 is 1.18. The average molecular weight is 316 g/mol. The molecule has 8 nitrogen and oxygen atoms in total. The Labute approximate surface area is 126 Å². The van der Waals surface area contributed by atoms with Gasteiger partial charge in [-0.25, -0.2) is 4.98 Å². The number of hydrogen-bond acceptors (Lipinski definition) is 6. The van der Waals surface area contributed by atoms with Crippen LogP contribution in [-0.2, 0) is 16.0 Å². The number of imidazole rings is 1. The molecule has 1 heterocycles. The van der Waals surface area contributed by atoms with Crippen molar-refractivity contribution in [1.82, 2.24) is 9.97 Å². The van der Waals surface area contributed by atoms with Gasteiger partial charge in [0.25, 0.3) is 0 Å². The van der Waals surface area contributed by atoms with Crippen LogP contribution >= 0.6 is 11.8 Å². The third-order valence-corrected chi connectivity index (χ3v) is 3.94. The van der Waals surface area contributed by atoms with Crippen molar-refractivity contribution in [1.29, 1.82) is 0 Å². The topological polar surface area (TPSA) is 132 Å². The summed E-state index contributed by atoms with van der Waals surface area (Å²) in [7, 11) is 5.32. The Morgan fingerprint density at radius 3 is 2.62 bits per heavy atom. The van der Waals surface area contributed by atoms with Crippen LogP contribution in [0.3, 0.4) is 0 Å². The molecule has 2 atom stereocenters. The predicted molar refractivity (Wildman–Crippen MR) is 75.5 cm³/mol. The molecule has 0 saturated heterocycles. The number of H-pyrrole nitrogens is 1. The number of aromatic amines is 1. The van der Waals surface area contributed by atoms with Gasteiger partial charge in [-0.1, -0.05) is 11.8 Å². The molecule has 0 aliphatic carbocycles. The fourth-order valence-electron chi connectivity index (χ4n) is 1.63. The molecule has 1 aromatic heterocycles. The number of thioether (sulfide) groups is 1. The first kappa shape index (κ1) is 17.5. The quantitative estimate of drug-likeness (QED) is 0.384. The molecule has 0 unspecified atom stereocenters. The second kappa shape index (κ2) is 6.92. The molecular weight excluding hydrogens is 296 g/mol. The van der Waals surface area contributed by atoms with E-state index in [1.54, 1.807) is 27.3 Å². The lowest BCUT2D eigenvalue weighted by Crippen LogP contribution is -2.55.